The number of carbonyl (C=O) groups excluding carboxylic acids is 1. The number of aromatic nitrogens is 1. The summed E-state index contributed by atoms with van der Waals surface area (Å²) in [7, 11) is 0. The summed E-state index contributed by atoms with van der Waals surface area (Å²) in [5.74, 6) is -1.92. The Bertz CT molecular complexity index is 1090. The van der Waals surface area contributed by atoms with Crippen molar-refractivity contribution in [3.8, 4) is 5.75 Å². The molecule has 31 heavy (non-hydrogen) atoms. The van der Waals surface area contributed by atoms with Crippen molar-refractivity contribution in [2.24, 2.45) is 5.92 Å². The minimum Gasteiger partial charge on any atom is -0.494 e. The van der Waals surface area contributed by atoms with Crippen LogP contribution in [-0.2, 0) is 11.3 Å². The van der Waals surface area contributed by atoms with Gasteiger partial charge in [-0.05, 0) is 30.5 Å². The normalized spacial score (nSPS) is 11.9. The van der Waals surface area contributed by atoms with Crippen LogP contribution in [0.5, 0.6) is 5.75 Å². The summed E-state index contributed by atoms with van der Waals surface area (Å²) in [6.45, 7) is 2.88. The van der Waals surface area contributed by atoms with E-state index in [9.17, 15) is 19.5 Å². The molecule has 0 aliphatic rings. The van der Waals surface area contributed by atoms with Crippen LogP contribution in [-0.4, -0.2) is 39.1 Å². The van der Waals surface area contributed by atoms with Crippen molar-refractivity contribution in [1.29, 1.82) is 0 Å². The lowest BCUT2D eigenvalue weighted by atomic mass is 10.0. The number of ether oxygens (including phenoxy) is 1. The third-order valence-electron chi connectivity index (χ3n) is 5.14. The highest BCUT2D eigenvalue weighted by Crippen LogP contribution is 2.29. The van der Waals surface area contributed by atoms with E-state index in [4.69, 9.17) is 9.84 Å². The molecule has 0 saturated carbocycles. The highest BCUT2D eigenvalue weighted by molar-refractivity contribution is 6.15. The van der Waals surface area contributed by atoms with E-state index in [1.807, 2.05) is 37.3 Å². The van der Waals surface area contributed by atoms with Gasteiger partial charge in [0.05, 0.1) is 18.6 Å². The maximum atomic E-state index is 12.8. The number of benzene rings is 2. The second-order valence-electron chi connectivity index (χ2n) is 7.53. The minimum atomic E-state index is -1.21. The van der Waals surface area contributed by atoms with Crippen LogP contribution in [0.1, 0.15) is 47.0 Å². The van der Waals surface area contributed by atoms with Crippen molar-refractivity contribution >= 4 is 28.6 Å². The number of rotatable bonds is 11. The summed E-state index contributed by atoms with van der Waals surface area (Å²) < 4.78 is 7.39. The summed E-state index contributed by atoms with van der Waals surface area (Å²) in [5, 5.41) is 19.3. The van der Waals surface area contributed by atoms with Gasteiger partial charge in [-0.1, -0.05) is 43.3 Å². The first kappa shape index (κ1) is 22.1. The molecule has 2 N–H and O–H groups in total. The van der Waals surface area contributed by atoms with Crippen LogP contribution in [0, 0.1) is 5.92 Å². The Morgan fingerprint density at radius 1 is 0.968 bits per heavy atom. The Kier molecular flexibility index (Phi) is 7.07. The van der Waals surface area contributed by atoms with Crippen molar-refractivity contribution < 1.29 is 29.3 Å². The molecule has 0 amide bonds. The van der Waals surface area contributed by atoms with Crippen molar-refractivity contribution in [2.45, 2.75) is 32.7 Å². The van der Waals surface area contributed by atoms with Gasteiger partial charge in [0.2, 0.25) is 0 Å². The summed E-state index contributed by atoms with van der Waals surface area (Å²) >= 11 is 0. The van der Waals surface area contributed by atoms with E-state index in [1.165, 1.54) is 0 Å². The zero-order chi connectivity index (χ0) is 22.4. The maximum absolute atomic E-state index is 12.8. The molecule has 3 rings (SSSR count). The molecule has 1 heterocycles. The Morgan fingerprint density at radius 3 is 2.32 bits per heavy atom. The van der Waals surface area contributed by atoms with E-state index in [-0.39, 0.29) is 30.0 Å². The van der Waals surface area contributed by atoms with Crippen LogP contribution < -0.4 is 4.74 Å². The number of hydrogen-bond acceptors (Lipinski definition) is 4. The van der Waals surface area contributed by atoms with Crippen LogP contribution in [0.4, 0.5) is 0 Å². The molecule has 162 valence electrons. The lowest BCUT2D eigenvalue weighted by Gasteiger charge is -2.16. The number of fused-ring (bicyclic) bond motifs is 1. The molecule has 0 aliphatic carbocycles. The first-order valence-electron chi connectivity index (χ1n) is 10.2. The number of carboxylic acid groups (broad SMARTS) is 2. The predicted octanol–water partition coefficient (Wildman–Crippen LogP) is 4.49. The molecule has 7 heteroatoms. The van der Waals surface area contributed by atoms with Gasteiger partial charge in [-0.3, -0.25) is 9.59 Å². The van der Waals surface area contributed by atoms with Gasteiger partial charge < -0.3 is 19.5 Å². The monoisotopic (exact) mass is 423 g/mol. The van der Waals surface area contributed by atoms with Gasteiger partial charge in [0, 0.05) is 23.9 Å². The maximum Gasteiger partial charge on any atom is 0.353 e. The fourth-order valence-electron chi connectivity index (χ4n) is 3.64. The molecule has 2 aromatic carbocycles. The number of carbonyl (C=O) groups is 3. The molecule has 0 bridgehead atoms. The van der Waals surface area contributed by atoms with E-state index in [2.05, 4.69) is 0 Å². The van der Waals surface area contributed by atoms with Gasteiger partial charge in [0.15, 0.2) is 5.78 Å². The van der Waals surface area contributed by atoms with Crippen molar-refractivity contribution in [3.05, 3.63) is 65.9 Å². The molecule has 0 spiro atoms. The lowest BCUT2D eigenvalue weighted by molar-refractivity contribution is -0.136. The average Bonchev–Trinajstić information content (AvgIpc) is 3.07. The second kappa shape index (κ2) is 9.93. The molecule has 3 aromatic rings. The lowest BCUT2D eigenvalue weighted by Crippen LogP contribution is -2.18. The molecule has 0 radical (unpaired) electrons. The van der Waals surface area contributed by atoms with Gasteiger partial charge in [0.25, 0.3) is 0 Å². The standard InChI is InChI=1S/C24H25NO6/c1-16(13-14-31-17-7-3-2-4-8-17)15-25-19-10-6-5-9-18(19)22(23(25)24(29)30)20(26)11-12-21(27)28/h2-10,16H,11-15H2,1H3,(H,27,28)(H,29,30). The van der Waals surface area contributed by atoms with Crippen LogP contribution in [0.15, 0.2) is 54.6 Å². The smallest absolute Gasteiger partial charge is 0.353 e. The summed E-state index contributed by atoms with van der Waals surface area (Å²) in [5.41, 5.74) is 0.638. The van der Waals surface area contributed by atoms with Crippen molar-refractivity contribution in [1.82, 2.24) is 4.57 Å². The molecule has 7 nitrogen and oxygen atoms in total. The zero-order valence-electron chi connectivity index (χ0n) is 17.3. The summed E-state index contributed by atoms with van der Waals surface area (Å²) in [4.78, 5) is 35.8. The predicted molar refractivity (Wildman–Crippen MR) is 116 cm³/mol. The number of aromatic carboxylic acids is 1. The third kappa shape index (κ3) is 5.31. The van der Waals surface area contributed by atoms with Gasteiger partial charge in [-0.25, -0.2) is 4.79 Å². The third-order valence-corrected chi connectivity index (χ3v) is 5.14. The number of aliphatic carboxylic acids is 1. The molecule has 1 atom stereocenters. The zero-order valence-corrected chi connectivity index (χ0v) is 17.3. The molecule has 0 saturated heterocycles. The topological polar surface area (TPSA) is 106 Å². The fourth-order valence-corrected chi connectivity index (χ4v) is 3.64. The highest BCUT2D eigenvalue weighted by atomic mass is 16.5. The first-order chi connectivity index (χ1) is 14.9. The quantitative estimate of drug-likeness (QED) is 0.440. The Balaban J connectivity index is 1.85. The fraction of sp³-hybridized carbons (Fsp3) is 0.292. The Labute approximate surface area is 179 Å². The second-order valence-corrected chi connectivity index (χ2v) is 7.53. The Morgan fingerprint density at radius 2 is 1.65 bits per heavy atom. The molecule has 0 fully saturated rings. The molecule has 1 unspecified atom stereocenters. The van der Waals surface area contributed by atoms with E-state index in [0.29, 0.717) is 30.5 Å². The molecular weight excluding hydrogens is 398 g/mol. The summed E-state index contributed by atoms with van der Waals surface area (Å²) in [6.07, 6.45) is 0.109. The number of ketones is 1. The highest BCUT2D eigenvalue weighted by Gasteiger charge is 2.27. The van der Waals surface area contributed by atoms with Gasteiger partial charge in [0.1, 0.15) is 11.4 Å². The van der Waals surface area contributed by atoms with Crippen LogP contribution in [0.2, 0.25) is 0 Å². The van der Waals surface area contributed by atoms with Gasteiger partial charge in [-0.15, -0.1) is 0 Å². The molecular formula is C24H25NO6. The number of nitrogens with zero attached hydrogens (tertiary/aromatic N) is 1. The summed E-state index contributed by atoms with van der Waals surface area (Å²) in [6, 6.07) is 16.5. The van der Waals surface area contributed by atoms with E-state index in [0.717, 1.165) is 5.75 Å². The van der Waals surface area contributed by atoms with Gasteiger partial charge >= 0.3 is 11.9 Å². The molecule has 1 aromatic heterocycles. The Hall–Kier alpha value is -3.61. The molecule has 0 aliphatic heterocycles. The average molecular weight is 423 g/mol. The van der Waals surface area contributed by atoms with Crippen LogP contribution in [0.3, 0.4) is 0 Å². The van der Waals surface area contributed by atoms with Crippen LogP contribution >= 0.6 is 0 Å². The first-order valence-corrected chi connectivity index (χ1v) is 10.2. The number of carboxylic acids is 2. The van der Waals surface area contributed by atoms with E-state index >= 15 is 0 Å². The minimum absolute atomic E-state index is 0.0806. The van der Waals surface area contributed by atoms with Crippen LogP contribution in [0.25, 0.3) is 10.9 Å². The van der Waals surface area contributed by atoms with Crippen molar-refractivity contribution in [3.63, 3.8) is 0 Å². The number of Topliss-reactive ketones (excluding diaryl/α,β-unsaturated/α-hetero) is 1. The van der Waals surface area contributed by atoms with Crippen molar-refractivity contribution in [2.75, 3.05) is 6.61 Å². The van der Waals surface area contributed by atoms with E-state index < -0.39 is 17.7 Å². The van der Waals surface area contributed by atoms with E-state index in [1.54, 1.807) is 28.8 Å². The number of para-hydroxylation sites is 2. The largest absolute Gasteiger partial charge is 0.494 e. The number of hydrogen-bond donors (Lipinski definition) is 2. The van der Waals surface area contributed by atoms with Gasteiger partial charge in [-0.2, -0.15) is 0 Å². The SMILES string of the molecule is CC(CCOc1ccccc1)Cn1c(C(=O)O)c(C(=O)CCC(=O)O)c2ccccc21.